The van der Waals surface area contributed by atoms with Gasteiger partial charge in [-0.05, 0) is 55.0 Å². The second kappa shape index (κ2) is 6.96. The first-order chi connectivity index (χ1) is 8.02. The molecule has 0 aliphatic carbocycles. The second-order valence-corrected chi connectivity index (χ2v) is 5.19. The van der Waals surface area contributed by atoms with Crippen LogP contribution in [0.2, 0.25) is 0 Å². The molecule has 1 aromatic rings. The Morgan fingerprint density at radius 3 is 2.82 bits per heavy atom. The largest absolute Gasteiger partial charge is 0.377 e. The van der Waals surface area contributed by atoms with Crippen LogP contribution in [0.4, 0.5) is 0 Å². The quantitative estimate of drug-likeness (QED) is 0.657. The summed E-state index contributed by atoms with van der Waals surface area (Å²) in [6.07, 6.45) is 0.200. The third-order valence-electron chi connectivity index (χ3n) is 2.28. The van der Waals surface area contributed by atoms with Crippen molar-refractivity contribution in [3.8, 4) is 0 Å². The van der Waals surface area contributed by atoms with Gasteiger partial charge in [-0.3, -0.25) is 4.79 Å². The fraction of sp³-hybridized carbons (Fsp3) is 0.462. The number of carbonyl (C=O) groups excluding carboxylic acids is 1. The summed E-state index contributed by atoms with van der Waals surface area (Å²) in [5.74, 6) is -0.0366. The standard InChI is InChI=1S/C13H18INO2/c1-9(2)17-8-7-15-13(16)11-6-4-5-10(3)12(11)14/h4-6,9H,7-8H2,1-3H3,(H,15,16). The summed E-state index contributed by atoms with van der Waals surface area (Å²) in [6.45, 7) is 7.05. The van der Waals surface area contributed by atoms with E-state index in [0.717, 1.165) is 14.7 Å². The maximum atomic E-state index is 11.9. The Bertz CT molecular complexity index is 391. The van der Waals surface area contributed by atoms with E-state index in [1.54, 1.807) is 0 Å². The van der Waals surface area contributed by atoms with Crippen LogP contribution >= 0.6 is 22.6 Å². The highest BCUT2D eigenvalue weighted by Gasteiger charge is 2.10. The van der Waals surface area contributed by atoms with Gasteiger partial charge in [0, 0.05) is 10.1 Å². The summed E-state index contributed by atoms with van der Waals surface area (Å²) in [5.41, 5.74) is 1.85. The molecule has 1 N–H and O–H groups in total. The molecule has 1 amide bonds. The van der Waals surface area contributed by atoms with Crippen LogP contribution in [0.5, 0.6) is 0 Å². The van der Waals surface area contributed by atoms with E-state index >= 15 is 0 Å². The van der Waals surface area contributed by atoms with Gasteiger partial charge in [-0.25, -0.2) is 0 Å². The van der Waals surface area contributed by atoms with Crippen LogP contribution in [-0.4, -0.2) is 25.2 Å². The molecule has 0 heterocycles. The molecule has 0 saturated carbocycles. The molecule has 0 saturated heterocycles. The Hall–Kier alpha value is -0.620. The fourth-order valence-corrected chi connectivity index (χ4v) is 1.98. The molecule has 0 unspecified atom stereocenters. The highest BCUT2D eigenvalue weighted by atomic mass is 127. The van der Waals surface area contributed by atoms with E-state index in [1.807, 2.05) is 39.0 Å². The highest BCUT2D eigenvalue weighted by molar-refractivity contribution is 14.1. The Morgan fingerprint density at radius 2 is 2.18 bits per heavy atom. The van der Waals surface area contributed by atoms with Crippen LogP contribution in [0, 0.1) is 10.5 Å². The van der Waals surface area contributed by atoms with Gasteiger partial charge in [0.2, 0.25) is 0 Å². The van der Waals surface area contributed by atoms with E-state index in [1.165, 1.54) is 0 Å². The molecule has 0 fully saturated rings. The van der Waals surface area contributed by atoms with E-state index < -0.39 is 0 Å². The van der Waals surface area contributed by atoms with Gasteiger partial charge in [-0.2, -0.15) is 0 Å². The molecule has 3 nitrogen and oxygen atoms in total. The fourth-order valence-electron chi connectivity index (χ4n) is 1.38. The zero-order chi connectivity index (χ0) is 12.8. The lowest BCUT2D eigenvalue weighted by Crippen LogP contribution is -2.28. The van der Waals surface area contributed by atoms with Gasteiger partial charge in [0.1, 0.15) is 0 Å². The Balaban J connectivity index is 2.50. The molecule has 1 aromatic carbocycles. The molecule has 0 atom stereocenters. The van der Waals surface area contributed by atoms with Crippen LogP contribution in [0.25, 0.3) is 0 Å². The monoisotopic (exact) mass is 347 g/mol. The molecule has 0 bridgehead atoms. The first kappa shape index (κ1) is 14.4. The molecule has 1 rings (SSSR count). The minimum absolute atomic E-state index is 0.0366. The van der Waals surface area contributed by atoms with Crippen molar-refractivity contribution in [1.29, 1.82) is 0 Å². The average Bonchev–Trinajstić information content (AvgIpc) is 2.27. The van der Waals surface area contributed by atoms with Gasteiger partial charge in [0.25, 0.3) is 5.91 Å². The van der Waals surface area contributed by atoms with E-state index in [0.29, 0.717) is 13.2 Å². The van der Waals surface area contributed by atoms with Crippen molar-refractivity contribution in [3.63, 3.8) is 0 Å². The Labute approximate surface area is 116 Å². The van der Waals surface area contributed by atoms with Gasteiger partial charge < -0.3 is 10.1 Å². The van der Waals surface area contributed by atoms with Crippen molar-refractivity contribution < 1.29 is 9.53 Å². The molecule has 94 valence electrons. The van der Waals surface area contributed by atoms with Crippen molar-refractivity contribution in [3.05, 3.63) is 32.9 Å². The minimum atomic E-state index is -0.0366. The topological polar surface area (TPSA) is 38.3 Å². The number of ether oxygens (including phenoxy) is 1. The van der Waals surface area contributed by atoms with Crippen molar-refractivity contribution >= 4 is 28.5 Å². The number of nitrogens with one attached hydrogen (secondary N) is 1. The molecule has 0 aliphatic rings. The van der Waals surface area contributed by atoms with Gasteiger partial charge >= 0.3 is 0 Å². The number of hydrogen-bond acceptors (Lipinski definition) is 2. The summed E-state index contributed by atoms with van der Waals surface area (Å²) in [7, 11) is 0. The lowest BCUT2D eigenvalue weighted by molar-refractivity contribution is 0.0746. The first-order valence-electron chi connectivity index (χ1n) is 5.67. The van der Waals surface area contributed by atoms with Crippen LogP contribution in [0.3, 0.4) is 0 Å². The van der Waals surface area contributed by atoms with Crippen molar-refractivity contribution in [2.24, 2.45) is 0 Å². The van der Waals surface area contributed by atoms with E-state index in [4.69, 9.17) is 4.74 Å². The normalized spacial score (nSPS) is 10.6. The van der Waals surface area contributed by atoms with Crippen LogP contribution in [-0.2, 0) is 4.74 Å². The van der Waals surface area contributed by atoms with Crippen molar-refractivity contribution in [2.75, 3.05) is 13.2 Å². The average molecular weight is 347 g/mol. The molecule has 0 spiro atoms. The van der Waals surface area contributed by atoms with E-state index in [-0.39, 0.29) is 12.0 Å². The molecule has 4 heteroatoms. The van der Waals surface area contributed by atoms with Gasteiger partial charge in [-0.15, -0.1) is 0 Å². The third-order valence-corrected chi connectivity index (χ3v) is 3.71. The molecule has 17 heavy (non-hydrogen) atoms. The second-order valence-electron chi connectivity index (χ2n) is 4.11. The zero-order valence-corrected chi connectivity index (χ0v) is 12.6. The van der Waals surface area contributed by atoms with E-state index in [9.17, 15) is 4.79 Å². The first-order valence-corrected chi connectivity index (χ1v) is 6.75. The van der Waals surface area contributed by atoms with Gasteiger partial charge in [0.05, 0.1) is 18.3 Å². The van der Waals surface area contributed by atoms with Crippen LogP contribution < -0.4 is 5.32 Å². The maximum Gasteiger partial charge on any atom is 0.252 e. The van der Waals surface area contributed by atoms with Gasteiger partial charge in [-0.1, -0.05) is 12.1 Å². The summed E-state index contributed by atoms with van der Waals surface area (Å²) < 4.78 is 6.37. The Kier molecular flexibility index (Phi) is 5.91. The minimum Gasteiger partial charge on any atom is -0.377 e. The third kappa shape index (κ3) is 4.63. The molecular formula is C13H18INO2. The predicted molar refractivity (Wildman–Crippen MR) is 77.3 cm³/mol. The molecular weight excluding hydrogens is 329 g/mol. The number of hydrogen-bond donors (Lipinski definition) is 1. The summed E-state index contributed by atoms with van der Waals surface area (Å²) in [6, 6.07) is 5.74. The van der Waals surface area contributed by atoms with Crippen LogP contribution in [0.1, 0.15) is 29.8 Å². The molecule has 0 aromatic heterocycles. The predicted octanol–water partition coefficient (Wildman–Crippen LogP) is 2.75. The summed E-state index contributed by atoms with van der Waals surface area (Å²) in [5, 5.41) is 2.85. The van der Waals surface area contributed by atoms with Crippen molar-refractivity contribution in [2.45, 2.75) is 26.9 Å². The molecule has 0 radical (unpaired) electrons. The molecule has 0 aliphatic heterocycles. The van der Waals surface area contributed by atoms with Crippen LogP contribution in [0.15, 0.2) is 18.2 Å². The number of benzene rings is 1. The SMILES string of the molecule is Cc1cccc(C(=O)NCCOC(C)C)c1I. The van der Waals surface area contributed by atoms with Gasteiger partial charge in [0.15, 0.2) is 0 Å². The number of halogens is 1. The number of aryl methyl sites for hydroxylation is 1. The maximum absolute atomic E-state index is 11.9. The van der Waals surface area contributed by atoms with Crippen molar-refractivity contribution in [1.82, 2.24) is 5.32 Å². The Morgan fingerprint density at radius 1 is 1.47 bits per heavy atom. The zero-order valence-electron chi connectivity index (χ0n) is 10.4. The lowest BCUT2D eigenvalue weighted by atomic mass is 10.1. The summed E-state index contributed by atoms with van der Waals surface area (Å²) in [4.78, 5) is 11.9. The smallest absolute Gasteiger partial charge is 0.252 e. The lowest BCUT2D eigenvalue weighted by Gasteiger charge is -2.10. The highest BCUT2D eigenvalue weighted by Crippen LogP contribution is 2.16. The number of amides is 1. The van der Waals surface area contributed by atoms with E-state index in [2.05, 4.69) is 27.9 Å². The number of rotatable bonds is 5. The summed E-state index contributed by atoms with van der Waals surface area (Å²) >= 11 is 2.20. The number of carbonyl (C=O) groups is 1.